The minimum Gasteiger partial charge on any atom is -0.357 e. The Labute approximate surface area is 54.8 Å². The van der Waals surface area contributed by atoms with Gasteiger partial charge in [-0.2, -0.15) is 0 Å². The van der Waals surface area contributed by atoms with Crippen molar-refractivity contribution < 1.29 is 0 Å². The van der Waals surface area contributed by atoms with Crippen molar-refractivity contribution in [2.24, 2.45) is 0 Å². The Morgan fingerprint density at radius 2 is 2.50 bits per heavy atom. The molecule has 1 nitrogen and oxygen atoms in total. The highest BCUT2D eigenvalue weighted by Crippen LogP contribution is 2.00. The fourth-order valence-electron chi connectivity index (χ4n) is 0.688. The fraction of sp³-hybridized carbons (Fsp3) is 0.500. The third-order valence-corrected chi connectivity index (χ3v) is 1.46. The number of allylic oxidation sites excluding steroid dienone is 1. The molecule has 1 aliphatic heterocycles. The summed E-state index contributed by atoms with van der Waals surface area (Å²) in [7, 11) is 0. The van der Waals surface area contributed by atoms with Gasteiger partial charge in [-0.1, -0.05) is 18.3 Å². The maximum Gasteiger partial charge on any atom is 0.0792 e. The molecule has 0 aromatic rings. The first-order valence-electron chi connectivity index (χ1n) is 2.84. The van der Waals surface area contributed by atoms with Crippen LogP contribution in [0.25, 0.3) is 0 Å². The lowest BCUT2D eigenvalue weighted by atomic mass is 10.2. The molecule has 2 heteroatoms. The SMILES string of the molecule is S=C1CCCC=CN1. The van der Waals surface area contributed by atoms with E-state index in [1.165, 1.54) is 6.42 Å². The Bertz CT molecular complexity index is 118. The molecule has 1 rings (SSSR count). The summed E-state index contributed by atoms with van der Waals surface area (Å²) in [6.07, 6.45) is 7.44. The summed E-state index contributed by atoms with van der Waals surface area (Å²) in [5.74, 6) is 0. The molecular formula is C6H9NS. The Hall–Kier alpha value is -0.370. The topological polar surface area (TPSA) is 12.0 Å². The van der Waals surface area contributed by atoms with E-state index in [4.69, 9.17) is 12.2 Å². The molecule has 0 spiro atoms. The first-order chi connectivity index (χ1) is 3.89. The lowest BCUT2D eigenvalue weighted by molar-refractivity contribution is 0.905. The van der Waals surface area contributed by atoms with E-state index in [0.29, 0.717) is 0 Å². The molecule has 8 heavy (non-hydrogen) atoms. The molecule has 0 radical (unpaired) electrons. The molecule has 44 valence electrons. The molecule has 0 atom stereocenters. The van der Waals surface area contributed by atoms with Gasteiger partial charge in [-0.3, -0.25) is 0 Å². The highest BCUT2D eigenvalue weighted by atomic mass is 32.1. The molecule has 1 N–H and O–H groups in total. The highest BCUT2D eigenvalue weighted by Gasteiger charge is 1.94. The smallest absolute Gasteiger partial charge is 0.0792 e. The van der Waals surface area contributed by atoms with Crippen LogP contribution in [0.5, 0.6) is 0 Å². The maximum atomic E-state index is 4.93. The lowest BCUT2D eigenvalue weighted by Gasteiger charge is -1.94. The molecule has 0 bridgehead atoms. The Kier molecular flexibility index (Phi) is 2.03. The second-order valence-electron chi connectivity index (χ2n) is 1.86. The van der Waals surface area contributed by atoms with E-state index in [9.17, 15) is 0 Å². The number of thiocarbonyl (C=S) groups is 1. The van der Waals surface area contributed by atoms with E-state index in [1.807, 2.05) is 6.20 Å². The first-order valence-corrected chi connectivity index (χ1v) is 3.25. The third-order valence-electron chi connectivity index (χ3n) is 1.14. The number of nitrogens with one attached hydrogen (secondary N) is 1. The summed E-state index contributed by atoms with van der Waals surface area (Å²) < 4.78 is 0. The van der Waals surface area contributed by atoms with Crippen LogP contribution >= 0.6 is 12.2 Å². The van der Waals surface area contributed by atoms with Gasteiger partial charge in [-0.15, -0.1) is 0 Å². The van der Waals surface area contributed by atoms with Crippen molar-refractivity contribution in [3.8, 4) is 0 Å². The van der Waals surface area contributed by atoms with E-state index < -0.39 is 0 Å². The van der Waals surface area contributed by atoms with Gasteiger partial charge in [-0.05, 0) is 25.5 Å². The van der Waals surface area contributed by atoms with Gasteiger partial charge in [-0.25, -0.2) is 0 Å². The zero-order valence-electron chi connectivity index (χ0n) is 4.68. The van der Waals surface area contributed by atoms with Gasteiger partial charge in [0.15, 0.2) is 0 Å². The predicted molar refractivity (Wildman–Crippen MR) is 38.7 cm³/mol. The Morgan fingerprint density at radius 3 is 3.38 bits per heavy atom. The van der Waals surface area contributed by atoms with Gasteiger partial charge in [0.25, 0.3) is 0 Å². The summed E-state index contributed by atoms with van der Waals surface area (Å²) in [5.41, 5.74) is 0. The maximum absolute atomic E-state index is 4.93. The standard InChI is InChI=1S/C6H9NS/c8-6-4-2-1-3-5-7-6/h3,5H,1-2,4H2,(H,7,8). The lowest BCUT2D eigenvalue weighted by Crippen LogP contribution is -2.11. The number of hydrogen-bond acceptors (Lipinski definition) is 1. The molecule has 0 aromatic carbocycles. The van der Waals surface area contributed by atoms with Gasteiger partial charge in [0.2, 0.25) is 0 Å². The summed E-state index contributed by atoms with van der Waals surface area (Å²) in [4.78, 5) is 0.971. The highest BCUT2D eigenvalue weighted by molar-refractivity contribution is 7.80. The molecule has 1 heterocycles. The molecule has 0 unspecified atom stereocenters. The molecule has 0 aliphatic carbocycles. The average molecular weight is 127 g/mol. The summed E-state index contributed by atoms with van der Waals surface area (Å²) in [6, 6.07) is 0. The zero-order valence-corrected chi connectivity index (χ0v) is 5.50. The van der Waals surface area contributed by atoms with Gasteiger partial charge in [0, 0.05) is 0 Å². The normalized spacial score (nSPS) is 19.8. The largest absolute Gasteiger partial charge is 0.357 e. The van der Waals surface area contributed by atoms with E-state index in [0.717, 1.165) is 17.8 Å². The van der Waals surface area contributed by atoms with Gasteiger partial charge < -0.3 is 5.32 Å². The van der Waals surface area contributed by atoms with Crippen LogP contribution in [0, 0.1) is 0 Å². The van der Waals surface area contributed by atoms with Crippen molar-refractivity contribution in [2.75, 3.05) is 0 Å². The van der Waals surface area contributed by atoms with Crippen LogP contribution in [-0.2, 0) is 0 Å². The van der Waals surface area contributed by atoms with Crippen LogP contribution in [0.3, 0.4) is 0 Å². The minimum absolute atomic E-state index is 0.971. The minimum atomic E-state index is 0.971. The summed E-state index contributed by atoms with van der Waals surface area (Å²) in [6.45, 7) is 0. The Balaban J connectivity index is 2.41. The van der Waals surface area contributed by atoms with E-state index in [1.54, 1.807) is 0 Å². The number of hydrogen-bond donors (Lipinski definition) is 1. The van der Waals surface area contributed by atoms with E-state index in [2.05, 4.69) is 11.4 Å². The quantitative estimate of drug-likeness (QED) is 0.496. The summed E-state index contributed by atoms with van der Waals surface area (Å²) >= 11 is 4.93. The first kappa shape index (κ1) is 5.76. The van der Waals surface area contributed by atoms with Gasteiger partial charge >= 0.3 is 0 Å². The van der Waals surface area contributed by atoms with Crippen LogP contribution in [0.2, 0.25) is 0 Å². The molecule has 0 saturated heterocycles. The van der Waals surface area contributed by atoms with E-state index >= 15 is 0 Å². The second kappa shape index (κ2) is 2.82. The summed E-state index contributed by atoms with van der Waals surface area (Å²) in [5, 5.41) is 3.00. The Morgan fingerprint density at radius 1 is 1.62 bits per heavy atom. The second-order valence-corrected chi connectivity index (χ2v) is 2.35. The average Bonchev–Trinajstić information content (AvgIpc) is 1.94. The third kappa shape index (κ3) is 1.62. The fourth-order valence-corrected chi connectivity index (χ4v) is 0.900. The van der Waals surface area contributed by atoms with Gasteiger partial charge in [0.05, 0.1) is 4.99 Å². The molecular weight excluding hydrogens is 118 g/mol. The molecule has 0 amide bonds. The molecule has 0 fully saturated rings. The molecule has 1 aliphatic rings. The predicted octanol–water partition coefficient (Wildman–Crippen LogP) is 1.60. The number of rotatable bonds is 0. The monoisotopic (exact) mass is 127 g/mol. The van der Waals surface area contributed by atoms with Crippen molar-refractivity contribution in [3.05, 3.63) is 12.3 Å². The van der Waals surface area contributed by atoms with Crippen molar-refractivity contribution in [3.63, 3.8) is 0 Å². The zero-order chi connectivity index (χ0) is 5.82. The van der Waals surface area contributed by atoms with E-state index in [-0.39, 0.29) is 0 Å². The van der Waals surface area contributed by atoms with Crippen LogP contribution in [0.4, 0.5) is 0 Å². The molecule has 0 saturated carbocycles. The van der Waals surface area contributed by atoms with Crippen LogP contribution < -0.4 is 5.32 Å². The molecule has 0 aromatic heterocycles. The van der Waals surface area contributed by atoms with Crippen LogP contribution in [0.1, 0.15) is 19.3 Å². The van der Waals surface area contributed by atoms with Crippen molar-refractivity contribution >= 4 is 17.2 Å². The van der Waals surface area contributed by atoms with Crippen molar-refractivity contribution in [1.82, 2.24) is 5.32 Å². The van der Waals surface area contributed by atoms with Crippen LogP contribution in [0.15, 0.2) is 12.3 Å². The van der Waals surface area contributed by atoms with Crippen molar-refractivity contribution in [1.29, 1.82) is 0 Å². The van der Waals surface area contributed by atoms with Gasteiger partial charge in [0.1, 0.15) is 0 Å². The van der Waals surface area contributed by atoms with Crippen molar-refractivity contribution in [2.45, 2.75) is 19.3 Å². The van der Waals surface area contributed by atoms with Crippen LogP contribution in [-0.4, -0.2) is 4.99 Å².